The number of ether oxygens (including phenoxy) is 1. The highest BCUT2D eigenvalue weighted by molar-refractivity contribution is 5.08. The van der Waals surface area contributed by atoms with Crippen LogP contribution in [-0.2, 0) is 11.3 Å². The van der Waals surface area contributed by atoms with Crippen LogP contribution in [0.25, 0.3) is 0 Å². The van der Waals surface area contributed by atoms with Gasteiger partial charge in [0.2, 0.25) is 5.56 Å². The van der Waals surface area contributed by atoms with Gasteiger partial charge in [-0.05, 0) is 12.0 Å². The predicted molar refractivity (Wildman–Crippen MR) is 53.1 cm³/mol. The second kappa shape index (κ2) is 4.39. The van der Waals surface area contributed by atoms with Crippen molar-refractivity contribution in [3.05, 3.63) is 34.2 Å². The smallest absolute Gasteiger partial charge is 0.247 e. The topological polar surface area (TPSA) is 54.1 Å². The number of hydrogen-bond donors (Lipinski definition) is 2. The number of aromatic nitrogens is 1. The van der Waals surface area contributed by atoms with Crippen LogP contribution < -0.4 is 10.9 Å². The van der Waals surface area contributed by atoms with Crippen molar-refractivity contribution in [1.82, 2.24) is 10.3 Å². The molecule has 4 nitrogen and oxygen atoms in total. The van der Waals surface area contributed by atoms with Crippen molar-refractivity contribution in [1.29, 1.82) is 0 Å². The zero-order valence-corrected chi connectivity index (χ0v) is 7.95. The molecule has 2 N–H and O–H groups in total. The van der Waals surface area contributed by atoms with Gasteiger partial charge in [-0.25, -0.2) is 0 Å². The molecule has 76 valence electrons. The number of aromatic amines is 1. The summed E-state index contributed by atoms with van der Waals surface area (Å²) >= 11 is 0. The van der Waals surface area contributed by atoms with Gasteiger partial charge in [0.1, 0.15) is 0 Å². The summed E-state index contributed by atoms with van der Waals surface area (Å²) in [5.41, 5.74) is 1.04. The van der Waals surface area contributed by atoms with Crippen LogP contribution in [0, 0.1) is 0 Å². The van der Waals surface area contributed by atoms with E-state index in [9.17, 15) is 4.79 Å². The minimum atomic E-state index is -0.0575. The van der Waals surface area contributed by atoms with E-state index in [0.29, 0.717) is 6.04 Å². The van der Waals surface area contributed by atoms with Crippen molar-refractivity contribution in [3.8, 4) is 0 Å². The fraction of sp³-hybridized carbons (Fsp3) is 0.500. The molecular formula is C10H14N2O2. The largest absolute Gasteiger partial charge is 0.380 e. The monoisotopic (exact) mass is 194 g/mol. The van der Waals surface area contributed by atoms with Gasteiger partial charge in [0.15, 0.2) is 0 Å². The van der Waals surface area contributed by atoms with Gasteiger partial charge in [-0.3, -0.25) is 4.79 Å². The highest BCUT2D eigenvalue weighted by atomic mass is 16.5. The van der Waals surface area contributed by atoms with Crippen molar-refractivity contribution < 1.29 is 4.74 Å². The second-order valence-corrected chi connectivity index (χ2v) is 3.50. The molecule has 0 aromatic carbocycles. The molecule has 1 aliphatic rings. The minimum absolute atomic E-state index is 0.0575. The van der Waals surface area contributed by atoms with Crippen LogP contribution in [0.3, 0.4) is 0 Å². The van der Waals surface area contributed by atoms with Gasteiger partial charge < -0.3 is 15.0 Å². The lowest BCUT2D eigenvalue weighted by molar-refractivity contribution is 0.190. The van der Waals surface area contributed by atoms with Crippen molar-refractivity contribution in [2.24, 2.45) is 0 Å². The molecule has 2 rings (SSSR count). The first-order chi connectivity index (χ1) is 6.84. The van der Waals surface area contributed by atoms with Gasteiger partial charge in [-0.2, -0.15) is 0 Å². The van der Waals surface area contributed by atoms with Crippen LogP contribution >= 0.6 is 0 Å². The lowest BCUT2D eigenvalue weighted by Crippen LogP contribution is -2.28. The molecule has 14 heavy (non-hydrogen) atoms. The van der Waals surface area contributed by atoms with Gasteiger partial charge in [0, 0.05) is 31.5 Å². The number of rotatable bonds is 3. The molecule has 0 amide bonds. The van der Waals surface area contributed by atoms with Crippen LogP contribution in [0.4, 0.5) is 0 Å². The van der Waals surface area contributed by atoms with Gasteiger partial charge in [-0.1, -0.05) is 6.07 Å². The van der Waals surface area contributed by atoms with Gasteiger partial charge in [0.25, 0.3) is 0 Å². The van der Waals surface area contributed by atoms with Crippen molar-refractivity contribution in [2.75, 3.05) is 13.2 Å². The lowest BCUT2D eigenvalue weighted by Gasteiger charge is -2.09. The molecule has 1 aliphatic heterocycles. The molecule has 1 saturated heterocycles. The number of H-pyrrole nitrogens is 1. The van der Waals surface area contributed by atoms with Crippen molar-refractivity contribution in [3.63, 3.8) is 0 Å². The normalized spacial score (nSPS) is 21.3. The van der Waals surface area contributed by atoms with Crippen LogP contribution in [-0.4, -0.2) is 24.2 Å². The number of nitrogens with one attached hydrogen (secondary N) is 2. The van der Waals surface area contributed by atoms with E-state index in [1.165, 1.54) is 0 Å². The fourth-order valence-corrected chi connectivity index (χ4v) is 1.51. The predicted octanol–water partition coefficient (Wildman–Crippen LogP) is 0.253. The van der Waals surface area contributed by atoms with E-state index in [2.05, 4.69) is 10.3 Å². The lowest BCUT2D eigenvalue weighted by atomic mass is 10.2. The van der Waals surface area contributed by atoms with Crippen LogP contribution in [0.15, 0.2) is 23.1 Å². The molecule has 0 saturated carbocycles. The average molecular weight is 194 g/mol. The van der Waals surface area contributed by atoms with Crippen molar-refractivity contribution in [2.45, 2.75) is 19.0 Å². The molecule has 1 aromatic heterocycles. The van der Waals surface area contributed by atoms with E-state index in [1.54, 1.807) is 12.3 Å². The summed E-state index contributed by atoms with van der Waals surface area (Å²) in [5, 5.41) is 3.37. The van der Waals surface area contributed by atoms with Crippen LogP contribution in [0.1, 0.15) is 12.0 Å². The average Bonchev–Trinajstić information content (AvgIpc) is 2.70. The third-order valence-electron chi connectivity index (χ3n) is 2.37. The quantitative estimate of drug-likeness (QED) is 0.725. The Labute approximate surface area is 82.3 Å². The Balaban J connectivity index is 1.85. The Kier molecular flexibility index (Phi) is 2.96. The Morgan fingerprint density at radius 3 is 3.14 bits per heavy atom. The van der Waals surface area contributed by atoms with Crippen LogP contribution in [0.2, 0.25) is 0 Å². The van der Waals surface area contributed by atoms with E-state index in [1.807, 2.05) is 6.07 Å². The standard InChI is InChI=1S/C10H14N2O2/c13-10-2-1-8(6-12-10)5-11-9-3-4-14-7-9/h1-2,6,9,11H,3-5,7H2,(H,12,13). The number of hydrogen-bond acceptors (Lipinski definition) is 3. The zero-order chi connectivity index (χ0) is 9.80. The summed E-state index contributed by atoms with van der Waals surface area (Å²) in [5.74, 6) is 0. The molecule has 0 bridgehead atoms. The third kappa shape index (κ3) is 2.43. The summed E-state index contributed by atoms with van der Waals surface area (Å²) in [4.78, 5) is 13.4. The molecule has 0 aliphatic carbocycles. The molecule has 1 unspecified atom stereocenters. The Hall–Kier alpha value is -1.13. The summed E-state index contributed by atoms with van der Waals surface area (Å²) in [6.45, 7) is 2.43. The fourth-order valence-electron chi connectivity index (χ4n) is 1.51. The maximum atomic E-state index is 10.8. The molecule has 1 atom stereocenters. The molecule has 0 spiro atoms. The van der Waals surface area contributed by atoms with E-state index in [0.717, 1.165) is 31.7 Å². The summed E-state index contributed by atoms with van der Waals surface area (Å²) in [6, 6.07) is 3.84. The van der Waals surface area contributed by atoms with Gasteiger partial charge in [-0.15, -0.1) is 0 Å². The first-order valence-corrected chi connectivity index (χ1v) is 4.83. The highest BCUT2D eigenvalue weighted by Crippen LogP contribution is 2.04. The van der Waals surface area contributed by atoms with E-state index < -0.39 is 0 Å². The summed E-state index contributed by atoms with van der Waals surface area (Å²) in [7, 11) is 0. The van der Waals surface area contributed by atoms with Crippen molar-refractivity contribution >= 4 is 0 Å². The molecule has 1 aromatic rings. The Morgan fingerprint density at radius 1 is 1.57 bits per heavy atom. The maximum Gasteiger partial charge on any atom is 0.247 e. The van der Waals surface area contributed by atoms with E-state index in [4.69, 9.17) is 4.74 Å². The SMILES string of the molecule is O=c1ccc(CNC2CCOC2)c[nH]1. The zero-order valence-electron chi connectivity index (χ0n) is 7.95. The Bertz CT molecular complexity index is 322. The molecule has 2 heterocycles. The minimum Gasteiger partial charge on any atom is -0.380 e. The number of pyridine rings is 1. The summed E-state index contributed by atoms with van der Waals surface area (Å²) < 4.78 is 5.24. The molecule has 1 fully saturated rings. The molecule has 4 heteroatoms. The first-order valence-electron chi connectivity index (χ1n) is 4.83. The van der Waals surface area contributed by atoms with E-state index >= 15 is 0 Å². The summed E-state index contributed by atoms with van der Waals surface area (Å²) in [6.07, 6.45) is 2.81. The maximum absolute atomic E-state index is 10.8. The van der Waals surface area contributed by atoms with E-state index in [-0.39, 0.29) is 5.56 Å². The van der Waals surface area contributed by atoms with Crippen LogP contribution in [0.5, 0.6) is 0 Å². The third-order valence-corrected chi connectivity index (χ3v) is 2.37. The molecule has 0 radical (unpaired) electrons. The Morgan fingerprint density at radius 2 is 2.50 bits per heavy atom. The van der Waals surface area contributed by atoms with Gasteiger partial charge >= 0.3 is 0 Å². The first kappa shape index (κ1) is 9.43. The van der Waals surface area contributed by atoms with Gasteiger partial charge in [0.05, 0.1) is 6.61 Å². The molecular weight excluding hydrogens is 180 g/mol. The second-order valence-electron chi connectivity index (χ2n) is 3.50. The highest BCUT2D eigenvalue weighted by Gasteiger charge is 2.13.